The van der Waals surface area contributed by atoms with Crippen LogP contribution in [-0.2, 0) is 20.5 Å². The number of benzene rings is 1. The predicted octanol–water partition coefficient (Wildman–Crippen LogP) is 2.34. The number of nitrogens with zero attached hydrogens (tertiary/aromatic N) is 9. The van der Waals surface area contributed by atoms with E-state index in [0.29, 0.717) is 29.4 Å². The monoisotopic (exact) mass is 471 g/mol. The summed E-state index contributed by atoms with van der Waals surface area (Å²) in [7, 11) is 3.52. The van der Waals surface area contributed by atoms with E-state index in [9.17, 15) is 10.1 Å². The van der Waals surface area contributed by atoms with Gasteiger partial charge in [0.2, 0.25) is 0 Å². The van der Waals surface area contributed by atoms with Crippen molar-refractivity contribution in [3.63, 3.8) is 0 Å². The molecule has 0 amide bonds. The van der Waals surface area contributed by atoms with Crippen molar-refractivity contribution in [3.05, 3.63) is 52.5 Å². The Morgan fingerprint density at radius 3 is 2.54 bits per heavy atom. The third kappa shape index (κ3) is 3.82. The minimum Gasteiger partial charge on any atom is -0.349 e. The number of piperazine rings is 1. The maximum atomic E-state index is 12.8. The number of hydrogen-bond acceptors (Lipinski definition) is 8. The molecule has 4 aromatic rings. The summed E-state index contributed by atoms with van der Waals surface area (Å²) in [5.41, 5.74) is 3.72. The van der Waals surface area contributed by atoms with Crippen molar-refractivity contribution in [1.82, 2.24) is 34.0 Å². The normalized spacial score (nSPS) is 19.8. The molecule has 1 unspecified atom stereocenters. The summed E-state index contributed by atoms with van der Waals surface area (Å²) in [6.45, 7) is 7.95. The maximum Gasteiger partial charge on any atom is 0.350 e. The van der Waals surface area contributed by atoms with Crippen LogP contribution in [0.2, 0.25) is 0 Å². The third-order valence-electron chi connectivity index (χ3n) is 7.11. The Balaban J connectivity index is 1.48. The quantitative estimate of drug-likeness (QED) is 0.446. The number of hydrogen-bond donors (Lipinski definition) is 0. The zero-order valence-corrected chi connectivity index (χ0v) is 20.7. The number of para-hydroxylation sites is 2. The Bertz CT molecular complexity index is 1520. The predicted molar refractivity (Wildman–Crippen MR) is 134 cm³/mol. The molecule has 0 aliphatic carbocycles. The van der Waals surface area contributed by atoms with Gasteiger partial charge in [0.1, 0.15) is 17.0 Å². The average Bonchev–Trinajstić information content (AvgIpc) is 3.18. The van der Waals surface area contributed by atoms with Gasteiger partial charge in [-0.05, 0) is 32.9 Å². The number of rotatable bonds is 4. The SMILES string of the molecule is CC(c1cnc2ccccc2n1)N1C[C@H](C)N(c2nc(=O)n(C)c3c2nc(CC#N)n3C)C[C@H]1C. The highest BCUT2D eigenvalue weighted by atomic mass is 16.1. The van der Waals surface area contributed by atoms with Crippen LogP contribution in [-0.4, -0.2) is 59.1 Å². The summed E-state index contributed by atoms with van der Waals surface area (Å²) in [4.78, 5) is 36.0. The molecule has 5 rings (SSSR count). The molecule has 10 heteroatoms. The Hall–Kier alpha value is -3.84. The minimum absolute atomic E-state index is 0.0837. The van der Waals surface area contributed by atoms with Crippen LogP contribution < -0.4 is 10.6 Å². The molecule has 1 saturated heterocycles. The molecule has 1 fully saturated rings. The van der Waals surface area contributed by atoms with Crippen molar-refractivity contribution >= 4 is 28.0 Å². The molecule has 0 N–H and O–H groups in total. The van der Waals surface area contributed by atoms with Crippen LogP contribution >= 0.6 is 0 Å². The van der Waals surface area contributed by atoms with Gasteiger partial charge in [0.25, 0.3) is 0 Å². The number of anilines is 1. The molecule has 1 aliphatic rings. The van der Waals surface area contributed by atoms with E-state index in [0.717, 1.165) is 23.3 Å². The second kappa shape index (κ2) is 8.74. The first-order valence-corrected chi connectivity index (χ1v) is 11.8. The maximum absolute atomic E-state index is 12.8. The van der Waals surface area contributed by atoms with Gasteiger partial charge in [-0.15, -0.1) is 0 Å². The second-order valence-corrected chi connectivity index (χ2v) is 9.38. The topological polar surface area (TPSA) is 109 Å². The number of fused-ring (bicyclic) bond motifs is 2. The summed E-state index contributed by atoms with van der Waals surface area (Å²) < 4.78 is 3.31. The lowest BCUT2D eigenvalue weighted by atomic mass is 10.0. The van der Waals surface area contributed by atoms with Crippen LogP contribution in [0.3, 0.4) is 0 Å². The molecule has 3 aromatic heterocycles. The van der Waals surface area contributed by atoms with Gasteiger partial charge in [-0.1, -0.05) is 12.1 Å². The zero-order chi connectivity index (χ0) is 24.9. The smallest absolute Gasteiger partial charge is 0.349 e. The van der Waals surface area contributed by atoms with E-state index in [1.54, 1.807) is 7.05 Å². The van der Waals surface area contributed by atoms with Crippen LogP contribution in [0.1, 0.15) is 38.3 Å². The van der Waals surface area contributed by atoms with Gasteiger partial charge in [-0.25, -0.2) is 14.8 Å². The van der Waals surface area contributed by atoms with Crippen molar-refractivity contribution in [2.75, 3.05) is 18.0 Å². The van der Waals surface area contributed by atoms with Gasteiger partial charge in [0, 0.05) is 39.3 Å². The van der Waals surface area contributed by atoms with Crippen molar-refractivity contribution in [2.45, 2.75) is 45.3 Å². The third-order valence-corrected chi connectivity index (χ3v) is 7.11. The van der Waals surface area contributed by atoms with Crippen molar-refractivity contribution in [1.29, 1.82) is 5.26 Å². The minimum atomic E-state index is -0.332. The van der Waals surface area contributed by atoms with E-state index in [-0.39, 0.29) is 30.2 Å². The zero-order valence-electron chi connectivity index (χ0n) is 20.7. The summed E-state index contributed by atoms with van der Waals surface area (Å²) in [5, 5.41) is 9.21. The van der Waals surface area contributed by atoms with Crippen LogP contribution in [0.5, 0.6) is 0 Å². The fourth-order valence-electron chi connectivity index (χ4n) is 5.14. The molecular formula is C25H29N9O. The fourth-order valence-corrected chi connectivity index (χ4v) is 5.14. The molecule has 10 nitrogen and oxygen atoms in total. The van der Waals surface area contributed by atoms with Crippen molar-refractivity contribution in [2.24, 2.45) is 14.1 Å². The molecule has 0 spiro atoms. The van der Waals surface area contributed by atoms with E-state index in [1.807, 2.05) is 42.1 Å². The summed E-state index contributed by atoms with van der Waals surface area (Å²) in [6.07, 6.45) is 2.04. The van der Waals surface area contributed by atoms with Crippen LogP contribution in [0, 0.1) is 11.3 Å². The Morgan fingerprint density at radius 2 is 1.80 bits per heavy atom. The van der Waals surface area contributed by atoms with E-state index < -0.39 is 0 Å². The fraction of sp³-hybridized carbons (Fsp3) is 0.440. The van der Waals surface area contributed by atoms with Gasteiger partial charge in [-0.3, -0.25) is 14.5 Å². The first-order valence-electron chi connectivity index (χ1n) is 11.8. The number of aryl methyl sites for hydroxylation is 2. The average molecular weight is 472 g/mol. The molecule has 1 aromatic carbocycles. The molecule has 1 aliphatic heterocycles. The molecule has 0 bridgehead atoms. The standard InChI is InChI=1S/C25H29N9O/c1-15-14-34(23-22-24(32(5)25(35)30-23)31(4)21(29-22)10-11-26)16(2)13-33(15)17(3)20-12-27-18-8-6-7-9-19(18)28-20/h6-9,12,15-17H,10,13-14H2,1-5H3/t15-,16+,17?/m1/s1. The first-order chi connectivity index (χ1) is 16.8. The number of nitriles is 1. The van der Waals surface area contributed by atoms with Gasteiger partial charge in [-0.2, -0.15) is 10.2 Å². The van der Waals surface area contributed by atoms with E-state index in [2.05, 4.69) is 46.6 Å². The number of aromatic nitrogens is 6. The Kier molecular flexibility index (Phi) is 5.73. The van der Waals surface area contributed by atoms with Crippen LogP contribution in [0.25, 0.3) is 22.2 Å². The molecule has 3 atom stereocenters. The molecule has 180 valence electrons. The highest BCUT2D eigenvalue weighted by Crippen LogP contribution is 2.31. The molecule has 0 radical (unpaired) electrons. The summed E-state index contributed by atoms with van der Waals surface area (Å²) in [5.74, 6) is 1.20. The number of imidazole rings is 1. The van der Waals surface area contributed by atoms with Gasteiger partial charge in [0.15, 0.2) is 5.82 Å². The Morgan fingerprint density at radius 1 is 1.06 bits per heavy atom. The van der Waals surface area contributed by atoms with Crippen molar-refractivity contribution < 1.29 is 0 Å². The highest BCUT2D eigenvalue weighted by molar-refractivity contribution is 5.84. The Labute approximate surface area is 203 Å². The second-order valence-electron chi connectivity index (χ2n) is 9.38. The lowest BCUT2D eigenvalue weighted by molar-refractivity contribution is 0.117. The van der Waals surface area contributed by atoms with Gasteiger partial charge in [0.05, 0.1) is 41.5 Å². The lowest BCUT2D eigenvalue weighted by Gasteiger charge is -2.46. The molecule has 0 saturated carbocycles. The highest BCUT2D eigenvalue weighted by Gasteiger charge is 2.35. The van der Waals surface area contributed by atoms with Crippen LogP contribution in [0.4, 0.5) is 5.82 Å². The largest absolute Gasteiger partial charge is 0.350 e. The molecule has 35 heavy (non-hydrogen) atoms. The van der Waals surface area contributed by atoms with Gasteiger partial charge < -0.3 is 9.47 Å². The molecular weight excluding hydrogens is 442 g/mol. The van der Waals surface area contributed by atoms with Crippen LogP contribution in [0.15, 0.2) is 35.3 Å². The van der Waals surface area contributed by atoms with Crippen molar-refractivity contribution in [3.8, 4) is 6.07 Å². The van der Waals surface area contributed by atoms with E-state index in [4.69, 9.17) is 9.97 Å². The van der Waals surface area contributed by atoms with Gasteiger partial charge >= 0.3 is 5.69 Å². The lowest BCUT2D eigenvalue weighted by Crippen LogP contribution is -2.57. The van der Waals surface area contributed by atoms with E-state index >= 15 is 0 Å². The summed E-state index contributed by atoms with van der Waals surface area (Å²) in [6, 6.07) is 10.4. The van der Waals surface area contributed by atoms with E-state index in [1.165, 1.54) is 4.57 Å². The summed E-state index contributed by atoms with van der Waals surface area (Å²) >= 11 is 0. The molecule has 4 heterocycles. The first kappa shape index (κ1) is 22.9.